The first-order chi connectivity index (χ1) is 4.57. The molecule has 1 saturated heterocycles. The highest BCUT2D eigenvalue weighted by Gasteiger charge is 2.66. The number of carbonyl (C=O) groups is 2. The van der Waals surface area contributed by atoms with E-state index in [0.717, 1.165) is 22.7 Å². The first-order valence-electron chi connectivity index (χ1n) is 3.39. The number of piperidine rings is 1. The van der Waals surface area contributed by atoms with Gasteiger partial charge in [-0.25, -0.2) is 0 Å². The highest BCUT2D eigenvalue weighted by Crippen LogP contribution is 2.62. The van der Waals surface area contributed by atoms with E-state index in [1.165, 1.54) is 4.90 Å². The SMILES string of the molecule is CN1C(=O)C2C[C]2([AlH2])C1=O. The van der Waals surface area contributed by atoms with Crippen LogP contribution in [0.1, 0.15) is 6.42 Å². The van der Waals surface area contributed by atoms with Gasteiger partial charge in [0.2, 0.25) is 28.1 Å². The van der Waals surface area contributed by atoms with E-state index in [2.05, 4.69) is 0 Å². The molecule has 2 rings (SSSR count). The summed E-state index contributed by atoms with van der Waals surface area (Å²) in [6.45, 7) is 0. The predicted molar refractivity (Wildman–Crippen MR) is 37.1 cm³/mol. The molecule has 1 aliphatic heterocycles. The number of nitrogens with zero attached hydrogens (tertiary/aromatic N) is 1. The Morgan fingerprint density at radius 2 is 2.30 bits per heavy atom. The summed E-state index contributed by atoms with van der Waals surface area (Å²) in [6.07, 6.45) is 0.835. The van der Waals surface area contributed by atoms with Crippen LogP contribution < -0.4 is 0 Å². The maximum absolute atomic E-state index is 11.2. The Morgan fingerprint density at radius 3 is 2.50 bits per heavy atom. The molecule has 0 aromatic carbocycles. The minimum absolute atomic E-state index is 0.0417. The van der Waals surface area contributed by atoms with E-state index < -0.39 is 0 Å². The Kier molecular flexibility index (Phi) is 0.935. The highest BCUT2D eigenvalue weighted by atomic mass is 27.0. The molecule has 1 saturated carbocycles. The molecule has 10 heavy (non-hydrogen) atoms. The van der Waals surface area contributed by atoms with Crippen LogP contribution in [0.3, 0.4) is 0 Å². The zero-order valence-electron chi connectivity index (χ0n) is 6.05. The molecule has 52 valence electrons. The molecule has 0 aromatic heterocycles. The Hall–Kier alpha value is -0.328. The number of carbonyl (C=O) groups excluding carboxylic acids is 2. The first-order valence-corrected chi connectivity index (χ1v) is 4.39. The second-order valence-electron chi connectivity index (χ2n) is 3.38. The molecular weight excluding hydrogens is 145 g/mol. The Morgan fingerprint density at radius 1 is 1.70 bits per heavy atom. The number of rotatable bonds is 0. The van der Waals surface area contributed by atoms with Crippen LogP contribution in [0.25, 0.3) is 0 Å². The first kappa shape index (κ1) is 6.39. The summed E-state index contributed by atoms with van der Waals surface area (Å²) in [5.41, 5.74) is 0. The topological polar surface area (TPSA) is 37.4 Å². The average Bonchev–Trinajstić information content (AvgIpc) is 2.54. The Balaban J connectivity index is 2.40. The molecule has 3 nitrogen and oxygen atoms in total. The summed E-state index contributed by atoms with van der Waals surface area (Å²) in [7, 11) is 1.58. The number of hydrogen-bond acceptors (Lipinski definition) is 2. The lowest BCUT2D eigenvalue weighted by Crippen LogP contribution is -2.29. The molecule has 0 radical (unpaired) electrons. The quantitative estimate of drug-likeness (QED) is 0.323. The van der Waals surface area contributed by atoms with Crippen molar-refractivity contribution in [2.45, 2.75) is 10.7 Å². The van der Waals surface area contributed by atoms with Gasteiger partial charge in [0.1, 0.15) is 0 Å². The van der Waals surface area contributed by atoms with Gasteiger partial charge in [-0.1, -0.05) is 0 Å². The molecule has 2 aliphatic rings. The highest BCUT2D eigenvalue weighted by molar-refractivity contribution is 6.38. The van der Waals surface area contributed by atoms with Gasteiger partial charge >= 0.3 is 0 Å². The molecule has 2 unspecified atom stereocenters. The lowest BCUT2D eigenvalue weighted by molar-refractivity contribution is -0.139. The van der Waals surface area contributed by atoms with Gasteiger partial charge in [0.05, 0.1) is 0 Å². The number of fused-ring (bicyclic) bond motifs is 1. The normalized spacial score (nSPS) is 44.1. The Labute approximate surface area is 66.8 Å². The molecule has 1 aliphatic carbocycles. The van der Waals surface area contributed by atoms with E-state index in [4.69, 9.17) is 0 Å². The maximum atomic E-state index is 11.2. The molecule has 2 atom stereocenters. The fourth-order valence-electron chi connectivity index (χ4n) is 1.68. The molecule has 0 N–H and O–H groups in total. The summed E-state index contributed by atoms with van der Waals surface area (Å²) < 4.78 is -0.161. The van der Waals surface area contributed by atoms with Crippen LogP contribution in [0.5, 0.6) is 0 Å². The molecule has 2 amide bonds. The summed E-state index contributed by atoms with van der Waals surface area (Å²) in [4.78, 5) is 23.6. The third-order valence-electron chi connectivity index (χ3n) is 2.66. The lowest BCUT2D eigenvalue weighted by atomic mass is 10.3. The lowest BCUT2D eigenvalue weighted by Gasteiger charge is -2.10. The van der Waals surface area contributed by atoms with Crippen LogP contribution in [0, 0.1) is 5.92 Å². The van der Waals surface area contributed by atoms with Crippen LogP contribution >= 0.6 is 0 Å². The van der Waals surface area contributed by atoms with E-state index in [1.54, 1.807) is 7.05 Å². The Bertz CT molecular complexity index is 240. The van der Waals surface area contributed by atoms with Crippen molar-refractivity contribution >= 4 is 28.1 Å². The molecule has 0 bridgehead atoms. The fourth-order valence-corrected chi connectivity index (χ4v) is 2.67. The van der Waals surface area contributed by atoms with Crippen molar-refractivity contribution in [1.82, 2.24) is 4.90 Å². The van der Waals surface area contributed by atoms with Gasteiger partial charge < -0.3 is 0 Å². The van der Waals surface area contributed by atoms with Crippen molar-refractivity contribution in [3.8, 4) is 0 Å². The minimum Gasteiger partial charge on any atom is -0.286 e. The van der Waals surface area contributed by atoms with Gasteiger partial charge in [0.15, 0.2) is 0 Å². The van der Waals surface area contributed by atoms with Crippen LogP contribution in [0.4, 0.5) is 0 Å². The van der Waals surface area contributed by atoms with Crippen molar-refractivity contribution in [3.63, 3.8) is 0 Å². The zero-order chi connectivity index (χ0) is 7.52. The van der Waals surface area contributed by atoms with Gasteiger partial charge in [0, 0.05) is 17.2 Å². The molecule has 4 heteroatoms. The van der Waals surface area contributed by atoms with Gasteiger partial charge in [0.25, 0.3) is 0 Å². The predicted octanol–water partition coefficient (Wildman–Crippen LogP) is -1.20. The number of likely N-dealkylation sites (tertiary alicyclic amines) is 1. The van der Waals surface area contributed by atoms with E-state index in [9.17, 15) is 9.59 Å². The summed E-state index contributed by atoms with van der Waals surface area (Å²) in [5.74, 6) is 0.186. The van der Waals surface area contributed by atoms with E-state index in [-0.39, 0.29) is 22.0 Å². The second-order valence-corrected chi connectivity index (χ2v) is 5.16. The summed E-state index contributed by atoms with van der Waals surface area (Å²) >= 11 is 0.834. The number of hydrogen-bond donors (Lipinski definition) is 0. The van der Waals surface area contributed by atoms with Crippen molar-refractivity contribution in [2.24, 2.45) is 5.92 Å². The van der Waals surface area contributed by atoms with Crippen molar-refractivity contribution < 1.29 is 9.59 Å². The second kappa shape index (κ2) is 1.46. The fraction of sp³-hybridized carbons (Fsp3) is 0.667. The van der Waals surface area contributed by atoms with Crippen LogP contribution in [0.2, 0.25) is 4.28 Å². The third kappa shape index (κ3) is 0.480. The summed E-state index contributed by atoms with van der Waals surface area (Å²) in [6, 6.07) is 0. The van der Waals surface area contributed by atoms with Gasteiger partial charge in [-0.15, -0.1) is 0 Å². The standard InChI is InChI=1S/C6H6NO2.Al.2H/c1-7-5(8)3-2-4(3)6(7)9;;;/h3H,2H2,1H3;;;. The van der Waals surface area contributed by atoms with Crippen LogP contribution in [0.15, 0.2) is 0 Å². The van der Waals surface area contributed by atoms with Gasteiger partial charge in [-0.3, -0.25) is 14.5 Å². The molecule has 1 heterocycles. The molecule has 2 fully saturated rings. The average molecular weight is 153 g/mol. The maximum Gasteiger partial charge on any atom is 0.238 e. The van der Waals surface area contributed by atoms with Crippen molar-refractivity contribution in [2.75, 3.05) is 7.05 Å². The van der Waals surface area contributed by atoms with Crippen molar-refractivity contribution in [3.05, 3.63) is 0 Å². The van der Waals surface area contributed by atoms with E-state index in [0.29, 0.717) is 0 Å². The third-order valence-corrected chi connectivity index (χ3v) is 4.19. The zero-order valence-corrected chi connectivity index (χ0v) is 8.05. The number of imide groups is 1. The largest absolute Gasteiger partial charge is 0.286 e. The van der Waals surface area contributed by atoms with Crippen molar-refractivity contribution in [1.29, 1.82) is 0 Å². The van der Waals surface area contributed by atoms with Crippen LogP contribution in [-0.4, -0.2) is 40.1 Å². The van der Waals surface area contributed by atoms with E-state index >= 15 is 0 Å². The molecular formula is C6H8AlNO2. The van der Waals surface area contributed by atoms with Gasteiger partial charge in [-0.2, -0.15) is 0 Å². The van der Waals surface area contributed by atoms with Crippen LogP contribution in [-0.2, 0) is 9.59 Å². The monoisotopic (exact) mass is 153 g/mol. The minimum atomic E-state index is -0.161. The number of amides is 2. The smallest absolute Gasteiger partial charge is 0.238 e. The summed E-state index contributed by atoms with van der Waals surface area (Å²) in [5, 5.41) is 0. The van der Waals surface area contributed by atoms with Gasteiger partial charge in [-0.05, 0) is 6.42 Å². The van der Waals surface area contributed by atoms with E-state index in [1.807, 2.05) is 0 Å². The molecule has 0 aromatic rings. The molecule has 0 spiro atoms.